The summed E-state index contributed by atoms with van der Waals surface area (Å²) >= 11 is 1.80. The van der Waals surface area contributed by atoms with E-state index in [0.29, 0.717) is 12.5 Å². The fraction of sp³-hybridized carbons (Fsp3) is 0.786. The number of anilines is 1. The molecule has 0 saturated carbocycles. The van der Waals surface area contributed by atoms with Crippen LogP contribution in [0.1, 0.15) is 43.2 Å². The van der Waals surface area contributed by atoms with Crippen LogP contribution < -0.4 is 10.6 Å². The van der Waals surface area contributed by atoms with Gasteiger partial charge in [-0.15, -0.1) is 11.3 Å². The van der Waals surface area contributed by atoms with Crippen molar-refractivity contribution in [1.82, 2.24) is 9.88 Å². The third kappa shape index (κ3) is 2.51. The van der Waals surface area contributed by atoms with Crippen molar-refractivity contribution in [3.05, 3.63) is 10.6 Å². The Hall–Kier alpha value is -0.650. The summed E-state index contributed by atoms with van der Waals surface area (Å²) in [6.45, 7) is 9.77. The number of thiazole rings is 1. The van der Waals surface area contributed by atoms with E-state index in [-0.39, 0.29) is 0 Å². The van der Waals surface area contributed by atoms with Crippen LogP contribution in [-0.2, 0) is 6.54 Å². The molecule has 1 unspecified atom stereocenters. The zero-order valence-corrected chi connectivity index (χ0v) is 12.7. The Balaban J connectivity index is 1.78. The summed E-state index contributed by atoms with van der Waals surface area (Å²) in [7, 11) is 0. The zero-order valence-electron chi connectivity index (χ0n) is 11.9. The van der Waals surface area contributed by atoms with Gasteiger partial charge in [-0.05, 0) is 25.3 Å². The third-order valence-electron chi connectivity index (χ3n) is 4.31. The first-order valence-electron chi connectivity index (χ1n) is 7.37. The molecule has 2 N–H and O–H groups in total. The maximum absolute atomic E-state index is 5.86. The zero-order chi connectivity index (χ0) is 13.4. The van der Waals surface area contributed by atoms with Crippen molar-refractivity contribution >= 4 is 16.5 Å². The molecular weight excluding hydrogens is 256 g/mol. The van der Waals surface area contributed by atoms with Crippen molar-refractivity contribution < 1.29 is 0 Å². The van der Waals surface area contributed by atoms with Crippen LogP contribution in [0, 0.1) is 0 Å². The van der Waals surface area contributed by atoms with E-state index in [1.807, 2.05) is 0 Å². The van der Waals surface area contributed by atoms with E-state index in [1.165, 1.54) is 41.6 Å². The number of hydrogen-bond donors (Lipinski definition) is 1. The van der Waals surface area contributed by atoms with Crippen molar-refractivity contribution in [2.45, 2.75) is 45.2 Å². The lowest BCUT2D eigenvalue weighted by Crippen LogP contribution is -2.50. The Morgan fingerprint density at radius 2 is 2.21 bits per heavy atom. The summed E-state index contributed by atoms with van der Waals surface area (Å²) in [6, 6.07) is 0.751. The Labute approximate surface area is 119 Å². The first-order valence-corrected chi connectivity index (χ1v) is 8.19. The summed E-state index contributed by atoms with van der Waals surface area (Å²) in [5.41, 5.74) is 7.07. The van der Waals surface area contributed by atoms with E-state index in [2.05, 4.69) is 23.6 Å². The quantitative estimate of drug-likeness (QED) is 0.920. The fourth-order valence-corrected chi connectivity index (χ4v) is 4.38. The average molecular weight is 280 g/mol. The molecule has 3 heterocycles. The number of piperazine rings is 1. The summed E-state index contributed by atoms with van der Waals surface area (Å²) in [5.74, 6) is 0.469. The summed E-state index contributed by atoms with van der Waals surface area (Å²) < 4.78 is 0. The van der Waals surface area contributed by atoms with Gasteiger partial charge in [-0.2, -0.15) is 0 Å². The molecule has 0 spiro atoms. The summed E-state index contributed by atoms with van der Waals surface area (Å²) in [5, 5.41) is 1.19. The van der Waals surface area contributed by atoms with Gasteiger partial charge in [0.2, 0.25) is 0 Å². The van der Waals surface area contributed by atoms with Crippen molar-refractivity contribution in [2.24, 2.45) is 5.73 Å². The highest BCUT2D eigenvalue weighted by molar-refractivity contribution is 7.15. The molecule has 2 aliphatic heterocycles. The van der Waals surface area contributed by atoms with Gasteiger partial charge >= 0.3 is 0 Å². The highest BCUT2D eigenvalue weighted by Gasteiger charge is 2.32. The standard InChI is InChI=1S/C14H24N4S/c1-10(2)13-12(8-15)19-14(16-13)18-7-6-17-5-3-4-11(17)9-18/h10-11H,3-9,15H2,1-2H3. The molecule has 0 radical (unpaired) electrons. The van der Waals surface area contributed by atoms with E-state index in [9.17, 15) is 0 Å². The van der Waals surface area contributed by atoms with E-state index in [0.717, 1.165) is 19.1 Å². The van der Waals surface area contributed by atoms with Crippen LogP contribution in [0.4, 0.5) is 5.13 Å². The van der Waals surface area contributed by atoms with Gasteiger partial charge in [0.1, 0.15) is 0 Å². The van der Waals surface area contributed by atoms with Gasteiger partial charge in [-0.25, -0.2) is 4.98 Å². The number of nitrogens with zero attached hydrogens (tertiary/aromatic N) is 3. The fourth-order valence-electron chi connectivity index (χ4n) is 3.25. The minimum absolute atomic E-state index is 0.469. The molecule has 1 aromatic heterocycles. The number of aromatic nitrogens is 1. The van der Waals surface area contributed by atoms with Crippen LogP contribution in [-0.4, -0.2) is 42.1 Å². The maximum atomic E-state index is 5.86. The number of hydrogen-bond acceptors (Lipinski definition) is 5. The molecule has 0 amide bonds. The van der Waals surface area contributed by atoms with Gasteiger partial charge < -0.3 is 10.6 Å². The van der Waals surface area contributed by atoms with Crippen LogP contribution in [0.25, 0.3) is 0 Å². The van der Waals surface area contributed by atoms with Crippen molar-refractivity contribution in [3.63, 3.8) is 0 Å². The number of rotatable bonds is 3. The third-order valence-corrected chi connectivity index (χ3v) is 5.46. The Morgan fingerprint density at radius 3 is 2.89 bits per heavy atom. The van der Waals surface area contributed by atoms with E-state index in [1.54, 1.807) is 11.3 Å². The lowest BCUT2D eigenvalue weighted by atomic mass is 10.1. The van der Waals surface area contributed by atoms with Crippen molar-refractivity contribution in [1.29, 1.82) is 0 Å². The molecule has 0 bridgehead atoms. The van der Waals surface area contributed by atoms with Gasteiger partial charge in [0, 0.05) is 37.1 Å². The molecular formula is C14H24N4S. The van der Waals surface area contributed by atoms with Gasteiger partial charge in [-0.3, -0.25) is 4.90 Å². The topological polar surface area (TPSA) is 45.4 Å². The van der Waals surface area contributed by atoms with Crippen LogP contribution >= 0.6 is 11.3 Å². The minimum Gasteiger partial charge on any atom is -0.345 e. The normalized spacial score (nSPS) is 24.2. The second kappa shape index (κ2) is 5.38. The lowest BCUT2D eigenvalue weighted by molar-refractivity contribution is 0.231. The van der Waals surface area contributed by atoms with Crippen molar-refractivity contribution in [2.75, 3.05) is 31.1 Å². The monoisotopic (exact) mass is 280 g/mol. The van der Waals surface area contributed by atoms with Gasteiger partial charge in [0.05, 0.1) is 5.69 Å². The molecule has 19 heavy (non-hydrogen) atoms. The Morgan fingerprint density at radius 1 is 1.37 bits per heavy atom. The molecule has 4 nitrogen and oxygen atoms in total. The van der Waals surface area contributed by atoms with Gasteiger partial charge in [0.15, 0.2) is 5.13 Å². The highest BCUT2D eigenvalue weighted by atomic mass is 32.1. The Bertz CT molecular complexity index is 443. The SMILES string of the molecule is CC(C)c1nc(N2CCN3CCCC3C2)sc1CN. The molecule has 1 aromatic rings. The molecule has 2 saturated heterocycles. The number of fused-ring (bicyclic) bond motifs is 1. The van der Waals surface area contributed by atoms with E-state index < -0.39 is 0 Å². The van der Waals surface area contributed by atoms with Crippen molar-refractivity contribution in [3.8, 4) is 0 Å². The second-order valence-corrected chi connectivity index (χ2v) is 7.00. The predicted octanol–water partition coefficient (Wildman–Crippen LogP) is 2.01. The molecule has 106 valence electrons. The molecule has 5 heteroatoms. The Kier molecular flexibility index (Phi) is 3.78. The molecule has 0 aromatic carbocycles. The first kappa shape index (κ1) is 13.3. The van der Waals surface area contributed by atoms with Crippen LogP contribution in [0.5, 0.6) is 0 Å². The lowest BCUT2D eigenvalue weighted by Gasteiger charge is -2.37. The summed E-state index contributed by atoms with van der Waals surface area (Å²) in [6.07, 6.45) is 2.71. The molecule has 2 aliphatic rings. The van der Waals surface area contributed by atoms with Crippen LogP contribution in [0.2, 0.25) is 0 Å². The highest BCUT2D eigenvalue weighted by Crippen LogP contribution is 2.32. The predicted molar refractivity (Wildman–Crippen MR) is 80.9 cm³/mol. The summed E-state index contributed by atoms with van der Waals surface area (Å²) in [4.78, 5) is 11.2. The minimum atomic E-state index is 0.469. The smallest absolute Gasteiger partial charge is 0.185 e. The molecule has 2 fully saturated rings. The maximum Gasteiger partial charge on any atom is 0.185 e. The first-order chi connectivity index (χ1) is 9.19. The van der Waals surface area contributed by atoms with E-state index in [4.69, 9.17) is 10.7 Å². The average Bonchev–Trinajstić information content (AvgIpc) is 3.04. The second-order valence-electron chi connectivity index (χ2n) is 5.94. The molecule has 3 rings (SSSR count). The molecule has 0 aliphatic carbocycles. The largest absolute Gasteiger partial charge is 0.345 e. The van der Waals surface area contributed by atoms with Gasteiger partial charge in [-0.1, -0.05) is 13.8 Å². The van der Waals surface area contributed by atoms with Gasteiger partial charge in [0.25, 0.3) is 0 Å². The molecule has 1 atom stereocenters. The van der Waals surface area contributed by atoms with Crippen LogP contribution in [0.15, 0.2) is 0 Å². The van der Waals surface area contributed by atoms with Crippen LogP contribution in [0.3, 0.4) is 0 Å². The number of nitrogens with two attached hydrogens (primary N) is 1. The van der Waals surface area contributed by atoms with E-state index >= 15 is 0 Å².